The second-order valence-electron chi connectivity index (χ2n) is 4.00. The number of carbonyl (C=O) groups is 1. The Morgan fingerprint density at radius 1 is 1.35 bits per heavy atom. The Morgan fingerprint density at radius 3 is 2.35 bits per heavy atom. The first-order valence-corrected chi connectivity index (χ1v) is 5.75. The van der Waals surface area contributed by atoms with Gasteiger partial charge in [-0.05, 0) is 19.9 Å². The molecule has 0 spiro atoms. The molecule has 0 aliphatic rings. The van der Waals surface area contributed by atoms with E-state index in [1.54, 1.807) is 20.8 Å². The Bertz CT molecular complexity index is 231. The number of halogens is 3. The van der Waals surface area contributed by atoms with Crippen molar-refractivity contribution < 1.29 is 22.7 Å². The number of nitrogens with zero attached hydrogens (tertiary/aromatic N) is 1. The van der Waals surface area contributed by atoms with Crippen LogP contribution in [-0.2, 0) is 9.53 Å². The lowest BCUT2D eigenvalue weighted by Crippen LogP contribution is -2.39. The van der Waals surface area contributed by atoms with Gasteiger partial charge in [0.05, 0.1) is 19.1 Å². The molecule has 0 heterocycles. The minimum absolute atomic E-state index is 0.0756. The van der Waals surface area contributed by atoms with Crippen LogP contribution in [0.2, 0.25) is 0 Å². The maximum atomic E-state index is 12.3. The number of alkyl halides is 3. The Hall–Kier alpha value is -0.780. The summed E-state index contributed by atoms with van der Waals surface area (Å²) in [5.74, 6) is -0.986. The molecule has 0 aliphatic carbocycles. The molecule has 0 rings (SSSR count). The molecule has 0 fully saturated rings. The summed E-state index contributed by atoms with van der Waals surface area (Å²) in [6.45, 7) is 4.72. The first-order chi connectivity index (χ1) is 7.80. The zero-order valence-corrected chi connectivity index (χ0v) is 10.5. The van der Waals surface area contributed by atoms with Crippen molar-refractivity contribution >= 4 is 5.97 Å². The fourth-order valence-electron chi connectivity index (χ4n) is 1.55. The first-order valence-electron chi connectivity index (χ1n) is 5.75. The number of carbonyl (C=O) groups excluding carboxylic acids is 1. The molecule has 0 amide bonds. The smallest absolute Gasteiger partial charge is 0.401 e. The number of hydrogen-bond acceptors (Lipinski definition) is 3. The van der Waals surface area contributed by atoms with Crippen molar-refractivity contribution in [1.82, 2.24) is 4.90 Å². The van der Waals surface area contributed by atoms with Crippen molar-refractivity contribution in [3.05, 3.63) is 0 Å². The third-order valence-electron chi connectivity index (χ3n) is 2.16. The lowest BCUT2D eigenvalue weighted by Gasteiger charge is -2.25. The average Bonchev–Trinajstić information content (AvgIpc) is 2.15. The van der Waals surface area contributed by atoms with Gasteiger partial charge in [-0.1, -0.05) is 13.8 Å². The second kappa shape index (κ2) is 7.53. The van der Waals surface area contributed by atoms with Crippen LogP contribution in [0, 0.1) is 5.92 Å². The van der Waals surface area contributed by atoms with E-state index in [0.717, 1.165) is 0 Å². The topological polar surface area (TPSA) is 29.5 Å². The van der Waals surface area contributed by atoms with Gasteiger partial charge in [0.1, 0.15) is 0 Å². The molecule has 0 aliphatic heterocycles. The third-order valence-corrected chi connectivity index (χ3v) is 2.16. The number of ether oxygens (including phenoxy) is 1. The van der Waals surface area contributed by atoms with E-state index in [4.69, 9.17) is 4.74 Å². The summed E-state index contributed by atoms with van der Waals surface area (Å²) in [5, 5.41) is 0. The second-order valence-corrected chi connectivity index (χ2v) is 4.00. The standard InChI is InChI=1S/C11H20F3NO2/c1-4-6-15(8-11(12,13)14)7-9(3)10(16)17-5-2/h9H,4-8H2,1-3H3. The molecule has 0 N–H and O–H groups in total. The third kappa shape index (κ3) is 8.01. The first kappa shape index (κ1) is 16.2. The molecule has 6 heteroatoms. The quantitative estimate of drug-likeness (QED) is 0.654. The summed E-state index contributed by atoms with van der Waals surface area (Å²) in [4.78, 5) is 12.6. The molecule has 0 radical (unpaired) electrons. The van der Waals surface area contributed by atoms with E-state index in [2.05, 4.69) is 0 Å². The summed E-state index contributed by atoms with van der Waals surface area (Å²) in [6.07, 6.45) is -3.62. The van der Waals surface area contributed by atoms with E-state index >= 15 is 0 Å². The molecule has 17 heavy (non-hydrogen) atoms. The van der Waals surface area contributed by atoms with Crippen LogP contribution in [0.25, 0.3) is 0 Å². The van der Waals surface area contributed by atoms with E-state index in [-0.39, 0.29) is 13.2 Å². The van der Waals surface area contributed by atoms with Gasteiger partial charge in [0.2, 0.25) is 0 Å². The highest BCUT2D eigenvalue weighted by molar-refractivity contribution is 5.72. The van der Waals surface area contributed by atoms with E-state index in [9.17, 15) is 18.0 Å². The van der Waals surface area contributed by atoms with Crippen LogP contribution in [0.4, 0.5) is 13.2 Å². The highest BCUT2D eigenvalue weighted by Crippen LogP contribution is 2.17. The molecular weight excluding hydrogens is 235 g/mol. The van der Waals surface area contributed by atoms with Crippen LogP contribution in [0.5, 0.6) is 0 Å². The van der Waals surface area contributed by atoms with Gasteiger partial charge < -0.3 is 4.74 Å². The normalized spacial score (nSPS) is 13.8. The SMILES string of the molecule is CCCN(CC(C)C(=O)OCC)CC(F)(F)F. The van der Waals surface area contributed by atoms with Crippen molar-refractivity contribution in [3.8, 4) is 0 Å². The molecule has 0 saturated heterocycles. The zero-order chi connectivity index (χ0) is 13.5. The molecule has 0 bridgehead atoms. The average molecular weight is 255 g/mol. The lowest BCUT2D eigenvalue weighted by molar-refractivity contribution is -0.156. The maximum Gasteiger partial charge on any atom is 0.401 e. The number of esters is 1. The van der Waals surface area contributed by atoms with Crippen molar-refractivity contribution in [2.24, 2.45) is 5.92 Å². The van der Waals surface area contributed by atoms with Gasteiger partial charge in [-0.3, -0.25) is 9.69 Å². The molecular formula is C11H20F3NO2. The summed E-state index contributed by atoms with van der Waals surface area (Å²) < 4.78 is 41.6. The van der Waals surface area contributed by atoms with Gasteiger partial charge in [0.15, 0.2) is 0 Å². The Labute approximate surface area is 99.9 Å². The highest BCUT2D eigenvalue weighted by atomic mass is 19.4. The summed E-state index contributed by atoms with van der Waals surface area (Å²) >= 11 is 0. The van der Waals surface area contributed by atoms with Gasteiger partial charge in [-0.25, -0.2) is 0 Å². The highest BCUT2D eigenvalue weighted by Gasteiger charge is 2.31. The van der Waals surface area contributed by atoms with Crippen molar-refractivity contribution in [2.45, 2.75) is 33.4 Å². The van der Waals surface area contributed by atoms with Crippen LogP contribution in [0.1, 0.15) is 27.2 Å². The summed E-state index contributed by atoms with van der Waals surface area (Å²) in [6, 6.07) is 0. The van der Waals surface area contributed by atoms with Gasteiger partial charge in [0.25, 0.3) is 0 Å². The maximum absolute atomic E-state index is 12.3. The molecule has 1 atom stereocenters. The monoisotopic (exact) mass is 255 g/mol. The van der Waals surface area contributed by atoms with Gasteiger partial charge >= 0.3 is 12.1 Å². The minimum Gasteiger partial charge on any atom is -0.466 e. The summed E-state index contributed by atoms with van der Waals surface area (Å²) in [7, 11) is 0. The van der Waals surface area contributed by atoms with Crippen LogP contribution in [-0.4, -0.2) is 43.3 Å². The predicted octanol–water partition coefficient (Wildman–Crippen LogP) is 2.46. The van der Waals surface area contributed by atoms with Crippen LogP contribution in [0.15, 0.2) is 0 Å². The molecule has 1 unspecified atom stereocenters. The minimum atomic E-state index is -4.23. The predicted molar refractivity (Wildman–Crippen MR) is 58.6 cm³/mol. The van der Waals surface area contributed by atoms with Gasteiger partial charge in [0, 0.05) is 6.54 Å². The van der Waals surface area contributed by atoms with E-state index in [1.807, 2.05) is 0 Å². The molecule has 3 nitrogen and oxygen atoms in total. The van der Waals surface area contributed by atoms with Crippen molar-refractivity contribution in [3.63, 3.8) is 0 Å². The lowest BCUT2D eigenvalue weighted by atomic mass is 10.1. The van der Waals surface area contributed by atoms with E-state index in [0.29, 0.717) is 13.0 Å². The molecule has 102 valence electrons. The van der Waals surface area contributed by atoms with Crippen LogP contribution in [0.3, 0.4) is 0 Å². The number of hydrogen-bond donors (Lipinski definition) is 0. The fourth-order valence-corrected chi connectivity index (χ4v) is 1.55. The molecule has 0 saturated carbocycles. The zero-order valence-electron chi connectivity index (χ0n) is 10.5. The van der Waals surface area contributed by atoms with Gasteiger partial charge in [-0.15, -0.1) is 0 Å². The largest absolute Gasteiger partial charge is 0.466 e. The Balaban J connectivity index is 4.28. The van der Waals surface area contributed by atoms with Crippen molar-refractivity contribution in [2.75, 3.05) is 26.2 Å². The van der Waals surface area contributed by atoms with Crippen molar-refractivity contribution in [1.29, 1.82) is 0 Å². The molecule has 0 aromatic carbocycles. The molecule has 0 aromatic rings. The van der Waals surface area contributed by atoms with Crippen LogP contribution >= 0.6 is 0 Å². The van der Waals surface area contributed by atoms with Crippen LogP contribution < -0.4 is 0 Å². The van der Waals surface area contributed by atoms with E-state index in [1.165, 1.54) is 4.90 Å². The number of rotatable bonds is 7. The molecule has 0 aromatic heterocycles. The Kier molecular flexibility index (Phi) is 7.18. The Morgan fingerprint density at radius 2 is 1.94 bits per heavy atom. The fraction of sp³-hybridized carbons (Fsp3) is 0.909. The van der Waals surface area contributed by atoms with Gasteiger partial charge in [-0.2, -0.15) is 13.2 Å². The van der Waals surface area contributed by atoms with E-state index < -0.39 is 24.6 Å². The summed E-state index contributed by atoms with van der Waals surface area (Å²) in [5.41, 5.74) is 0.